The van der Waals surface area contributed by atoms with E-state index in [1.54, 1.807) is 42.7 Å². The molecule has 0 saturated carbocycles. The fourth-order valence-corrected chi connectivity index (χ4v) is 3.08. The highest BCUT2D eigenvalue weighted by atomic mass is 19.4. The molecule has 0 fully saturated rings. The molecule has 8 nitrogen and oxygen atoms in total. The quantitative estimate of drug-likeness (QED) is 0.390. The van der Waals surface area contributed by atoms with E-state index in [9.17, 15) is 18.0 Å². The first-order valence-corrected chi connectivity index (χ1v) is 10.1. The lowest BCUT2D eigenvalue weighted by molar-refractivity contribution is -0.136. The van der Waals surface area contributed by atoms with Crippen molar-refractivity contribution in [2.45, 2.75) is 20.0 Å². The number of carbonyl (C=O) groups excluding carboxylic acids is 1. The van der Waals surface area contributed by atoms with Crippen LogP contribution in [0.5, 0.6) is 11.6 Å². The van der Waals surface area contributed by atoms with Crippen molar-refractivity contribution in [3.63, 3.8) is 0 Å². The summed E-state index contributed by atoms with van der Waals surface area (Å²) in [5.41, 5.74) is 0.947. The fourth-order valence-electron chi connectivity index (χ4n) is 3.08. The number of urea groups is 1. The first-order chi connectivity index (χ1) is 16.2. The van der Waals surface area contributed by atoms with Crippen LogP contribution in [0.3, 0.4) is 0 Å². The molecule has 34 heavy (non-hydrogen) atoms. The SMILES string of the molecule is Cc1ncn(-c2ccc(Oc3ccc(NC(=O)Nc4ccccc4C(F)(F)F)cc3)nn2)c1C. The van der Waals surface area contributed by atoms with E-state index in [1.165, 1.54) is 18.2 Å². The second-order valence-electron chi connectivity index (χ2n) is 7.26. The van der Waals surface area contributed by atoms with Crippen molar-refractivity contribution in [3.05, 3.63) is 83.9 Å². The molecule has 4 aromatic rings. The summed E-state index contributed by atoms with van der Waals surface area (Å²) in [5.74, 6) is 1.30. The number of anilines is 2. The smallest absolute Gasteiger partial charge is 0.418 e. The first kappa shape index (κ1) is 22.8. The second kappa shape index (κ2) is 9.22. The number of nitrogens with zero attached hydrogens (tertiary/aromatic N) is 4. The third-order valence-electron chi connectivity index (χ3n) is 4.94. The number of ether oxygens (including phenoxy) is 1. The number of carbonyl (C=O) groups is 1. The van der Waals surface area contributed by atoms with Crippen LogP contribution in [0, 0.1) is 13.8 Å². The van der Waals surface area contributed by atoms with Crippen molar-refractivity contribution < 1.29 is 22.7 Å². The number of para-hydroxylation sites is 1. The number of amides is 2. The van der Waals surface area contributed by atoms with Crippen molar-refractivity contribution in [1.29, 1.82) is 0 Å². The first-order valence-electron chi connectivity index (χ1n) is 10.1. The lowest BCUT2D eigenvalue weighted by Crippen LogP contribution is -2.21. The standard InChI is InChI=1S/C23H19F3N6O2/c1-14-15(2)32(13-27-14)20-11-12-21(31-30-20)34-17-9-7-16(8-10-17)28-22(33)29-19-6-4-3-5-18(19)23(24,25)26/h3-13H,1-2H3,(H2,28,29,33). The molecule has 0 unspecified atom stereocenters. The largest absolute Gasteiger partial charge is 0.438 e. The van der Waals surface area contributed by atoms with Gasteiger partial charge in [0.15, 0.2) is 5.82 Å². The highest BCUT2D eigenvalue weighted by molar-refractivity contribution is 6.00. The number of imidazole rings is 1. The topological polar surface area (TPSA) is 94.0 Å². The molecule has 2 heterocycles. The van der Waals surface area contributed by atoms with Gasteiger partial charge in [-0.25, -0.2) is 9.78 Å². The van der Waals surface area contributed by atoms with Crippen LogP contribution in [0.2, 0.25) is 0 Å². The summed E-state index contributed by atoms with van der Waals surface area (Å²) in [4.78, 5) is 16.4. The van der Waals surface area contributed by atoms with Gasteiger partial charge in [-0.1, -0.05) is 12.1 Å². The number of benzene rings is 2. The summed E-state index contributed by atoms with van der Waals surface area (Å²) in [5, 5.41) is 12.9. The zero-order valence-corrected chi connectivity index (χ0v) is 18.1. The Bertz CT molecular complexity index is 1300. The molecule has 0 aliphatic rings. The predicted octanol–water partition coefficient (Wildman–Crippen LogP) is 5.73. The fraction of sp³-hybridized carbons (Fsp3) is 0.130. The number of rotatable bonds is 5. The van der Waals surface area contributed by atoms with Crippen LogP contribution in [-0.4, -0.2) is 25.8 Å². The van der Waals surface area contributed by atoms with Crippen LogP contribution in [0.25, 0.3) is 5.82 Å². The molecule has 0 radical (unpaired) electrons. The molecule has 0 saturated heterocycles. The van der Waals surface area contributed by atoms with Gasteiger partial charge in [-0.2, -0.15) is 13.2 Å². The molecular weight excluding hydrogens is 449 g/mol. The van der Waals surface area contributed by atoms with E-state index >= 15 is 0 Å². The molecular formula is C23H19F3N6O2. The Kier molecular flexibility index (Phi) is 6.17. The number of aryl methyl sites for hydroxylation is 1. The van der Waals surface area contributed by atoms with Crippen LogP contribution in [-0.2, 0) is 6.18 Å². The summed E-state index contributed by atoms with van der Waals surface area (Å²) >= 11 is 0. The summed E-state index contributed by atoms with van der Waals surface area (Å²) in [6.07, 6.45) is -2.92. The van der Waals surface area contributed by atoms with Crippen molar-refractivity contribution in [2.24, 2.45) is 0 Å². The van der Waals surface area contributed by atoms with Gasteiger partial charge in [-0.05, 0) is 56.3 Å². The third-order valence-corrected chi connectivity index (χ3v) is 4.94. The van der Waals surface area contributed by atoms with E-state index < -0.39 is 17.8 Å². The Hall–Kier alpha value is -4.41. The second-order valence-corrected chi connectivity index (χ2v) is 7.26. The zero-order valence-electron chi connectivity index (χ0n) is 18.1. The van der Waals surface area contributed by atoms with Gasteiger partial charge < -0.3 is 15.4 Å². The number of alkyl halides is 3. The van der Waals surface area contributed by atoms with Crippen LogP contribution in [0.1, 0.15) is 17.0 Å². The molecule has 174 valence electrons. The summed E-state index contributed by atoms with van der Waals surface area (Å²) in [7, 11) is 0. The molecule has 2 amide bonds. The van der Waals surface area contributed by atoms with E-state index in [-0.39, 0.29) is 11.6 Å². The van der Waals surface area contributed by atoms with Gasteiger partial charge in [0.1, 0.15) is 12.1 Å². The Morgan fingerprint density at radius 2 is 1.68 bits per heavy atom. The summed E-state index contributed by atoms with van der Waals surface area (Å²) < 4.78 is 46.7. The van der Waals surface area contributed by atoms with Gasteiger partial charge in [-0.15, -0.1) is 10.2 Å². The molecule has 4 rings (SSSR count). The van der Waals surface area contributed by atoms with Crippen molar-refractivity contribution >= 4 is 17.4 Å². The highest BCUT2D eigenvalue weighted by Gasteiger charge is 2.33. The van der Waals surface area contributed by atoms with Gasteiger partial charge in [0.2, 0.25) is 5.88 Å². The van der Waals surface area contributed by atoms with Gasteiger partial charge in [0, 0.05) is 17.4 Å². The van der Waals surface area contributed by atoms with Gasteiger partial charge >= 0.3 is 12.2 Å². The molecule has 0 aliphatic heterocycles. The maximum Gasteiger partial charge on any atom is 0.418 e. The van der Waals surface area contributed by atoms with Crippen molar-refractivity contribution in [2.75, 3.05) is 10.6 Å². The van der Waals surface area contributed by atoms with E-state index in [2.05, 4.69) is 25.8 Å². The lowest BCUT2D eigenvalue weighted by Gasteiger charge is -2.14. The minimum atomic E-state index is -4.58. The molecule has 0 atom stereocenters. The number of nitrogens with one attached hydrogen (secondary N) is 2. The Labute approximate surface area is 192 Å². The molecule has 2 N–H and O–H groups in total. The monoisotopic (exact) mass is 468 g/mol. The van der Waals surface area contributed by atoms with Crippen LogP contribution in [0.4, 0.5) is 29.3 Å². The Balaban J connectivity index is 1.37. The summed E-state index contributed by atoms with van der Waals surface area (Å²) in [6, 6.07) is 13.6. The van der Waals surface area contributed by atoms with Crippen LogP contribution >= 0.6 is 0 Å². The average molecular weight is 468 g/mol. The number of aromatic nitrogens is 4. The lowest BCUT2D eigenvalue weighted by atomic mass is 10.1. The maximum absolute atomic E-state index is 13.1. The van der Waals surface area contributed by atoms with E-state index in [0.29, 0.717) is 17.3 Å². The average Bonchev–Trinajstić information content (AvgIpc) is 3.13. The van der Waals surface area contributed by atoms with Crippen molar-refractivity contribution in [1.82, 2.24) is 19.7 Å². The maximum atomic E-state index is 13.1. The number of hydrogen-bond acceptors (Lipinski definition) is 5. The van der Waals surface area contributed by atoms with Gasteiger partial charge in [0.05, 0.1) is 16.9 Å². The number of hydrogen-bond donors (Lipinski definition) is 2. The van der Waals surface area contributed by atoms with E-state index in [1.807, 2.05) is 18.4 Å². The zero-order chi connectivity index (χ0) is 24.3. The molecule has 0 bridgehead atoms. The predicted molar refractivity (Wildman–Crippen MR) is 119 cm³/mol. The Morgan fingerprint density at radius 1 is 0.941 bits per heavy atom. The van der Waals surface area contributed by atoms with E-state index in [4.69, 9.17) is 4.74 Å². The Morgan fingerprint density at radius 3 is 2.29 bits per heavy atom. The molecule has 0 spiro atoms. The minimum absolute atomic E-state index is 0.264. The van der Waals surface area contributed by atoms with Crippen LogP contribution in [0.15, 0.2) is 67.0 Å². The third kappa shape index (κ3) is 5.14. The number of halogens is 3. The normalized spacial score (nSPS) is 11.2. The molecule has 2 aromatic carbocycles. The molecule has 0 aliphatic carbocycles. The van der Waals surface area contributed by atoms with Crippen molar-refractivity contribution in [3.8, 4) is 17.4 Å². The van der Waals surface area contributed by atoms with Gasteiger partial charge in [0.25, 0.3) is 0 Å². The highest BCUT2D eigenvalue weighted by Crippen LogP contribution is 2.34. The minimum Gasteiger partial charge on any atom is -0.438 e. The van der Waals surface area contributed by atoms with Crippen LogP contribution < -0.4 is 15.4 Å². The molecule has 11 heteroatoms. The van der Waals surface area contributed by atoms with E-state index in [0.717, 1.165) is 17.5 Å². The molecule has 2 aromatic heterocycles. The van der Waals surface area contributed by atoms with Gasteiger partial charge in [-0.3, -0.25) is 4.57 Å². The summed E-state index contributed by atoms with van der Waals surface area (Å²) in [6.45, 7) is 3.83.